The zero-order valence-electron chi connectivity index (χ0n) is 11.3. The molecule has 0 spiro atoms. The first kappa shape index (κ1) is 14.2. The Morgan fingerprint density at radius 1 is 0.909 bits per heavy atom. The second kappa shape index (κ2) is 5.55. The van der Waals surface area contributed by atoms with Gasteiger partial charge >= 0.3 is 6.18 Å². The molecule has 1 heterocycles. The number of alkyl halides is 3. The zero-order chi connectivity index (χ0) is 15.6. The molecular weight excluding hydrogens is 293 g/mol. The Labute approximate surface area is 124 Å². The number of hydrogen-bond donors (Lipinski definition) is 1. The molecule has 112 valence electrons. The van der Waals surface area contributed by atoms with E-state index in [9.17, 15) is 13.2 Å². The Hall–Kier alpha value is -2.76. The van der Waals surface area contributed by atoms with Crippen molar-refractivity contribution in [2.75, 3.05) is 0 Å². The molecule has 0 aliphatic heterocycles. The third-order valence-electron chi connectivity index (χ3n) is 3.06. The molecule has 0 saturated heterocycles. The van der Waals surface area contributed by atoms with Gasteiger partial charge in [-0.25, -0.2) is 0 Å². The predicted octanol–water partition coefficient (Wildman–Crippen LogP) is 4.89. The predicted molar refractivity (Wildman–Crippen MR) is 75.5 cm³/mol. The maximum Gasteiger partial charge on any atom is 0.416 e. The fraction of sp³-hybridized carbons (Fsp3) is 0.0625. The van der Waals surface area contributed by atoms with Crippen molar-refractivity contribution in [2.24, 2.45) is 0 Å². The number of ether oxygens (including phenoxy) is 1. The van der Waals surface area contributed by atoms with Crippen molar-refractivity contribution in [3.63, 3.8) is 0 Å². The minimum atomic E-state index is -4.39. The maximum absolute atomic E-state index is 12.7. The van der Waals surface area contributed by atoms with Crippen LogP contribution in [0.3, 0.4) is 0 Å². The molecule has 0 amide bonds. The van der Waals surface area contributed by atoms with Crippen molar-refractivity contribution in [2.45, 2.75) is 6.18 Å². The second-order valence-corrected chi connectivity index (χ2v) is 4.62. The first-order valence-corrected chi connectivity index (χ1v) is 6.47. The van der Waals surface area contributed by atoms with Gasteiger partial charge in [-0.05, 0) is 54.1 Å². The lowest BCUT2D eigenvalue weighted by Gasteiger charge is -2.10. The Morgan fingerprint density at radius 2 is 1.68 bits per heavy atom. The molecule has 3 nitrogen and oxygen atoms in total. The van der Waals surface area contributed by atoms with Gasteiger partial charge in [-0.2, -0.15) is 18.3 Å². The summed E-state index contributed by atoms with van der Waals surface area (Å²) in [6.07, 6.45) is -2.74. The fourth-order valence-corrected chi connectivity index (χ4v) is 1.99. The summed E-state index contributed by atoms with van der Waals surface area (Å²) in [4.78, 5) is 0. The number of benzene rings is 2. The number of aromatic amines is 1. The van der Waals surface area contributed by atoms with E-state index in [1.807, 2.05) is 6.07 Å². The van der Waals surface area contributed by atoms with E-state index in [0.717, 1.165) is 23.4 Å². The molecule has 3 rings (SSSR count). The van der Waals surface area contributed by atoms with Gasteiger partial charge in [-0.1, -0.05) is 6.07 Å². The molecule has 0 atom stereocenters. The van der Waals surface area contributed by atoms with E-state index >= 15 is 0 Å². The van der Waals surface area contributed by atoms with Crippen LogP contribution in [-0.2, 0) is 6.18 Å². The minimum absolute atomic E-state index is 0.143. The lowest BCUT2D eigenvalue weighted by Crippen LogP contribution is -2.04. The van der Waals surface area contributed by atoms with Crippen molar-refractivity contribution in [1.82, 2.24) is 10.2 Å². The average molecular weight is 304 g/mol. The summed E-state index contributed by atoms with van der Waals surface area (Å²) in [5.41, 5.74) is 1.03. The average Bonchev–Trinajstić information content (AvgIpc) is 3.02. The van der Waals surface area contributed by atoms with Crippen LogP contribution in [0.2, 0.25) is 0 Å². The molecule has 3 aromatic rings. The molecule has 0 fully saturated rings. The number of H-pyrrole nitrogens is 1. The summed E-state index contributed by atoms with van der Waals surface area (Å²) in [7, 11) is 0. The molecule has 0 saturated carbocycles. The minimum Gasteiger partial charge on any atom is -0.457 e. The SMILES string of the molecule is FC(F)(F)c1cccc(Oc2ccc(-c3ccn[nH]3)cc2)c1. The van der Waals surface area contributed by atoms with Gasteiger partial charge in [0, 0.05) is 6.20 Å². The van der Waals surface area contributed by atoms with Crippen molar-refractivity contribution >= 4 is 0 Å². The lowest BCUT2D eigenvalue weighted by molar-refractivity contribution is -0.137. The molecule has 1 N–H and O–H groups in total. The summed E-state index contributed by atoms with van der Waals surface area (Å²) in [5, 5.41) is 6.69. The van der Waals surface area contributed by atoms with E-state index < -0.39 is 11.7 Å². The first-order valence-electron chi connectivity index (χ1n) is 6.47. The van der Waals surface area contributed by atoms with Crippen LogP contribution in [0.15, 0.2) is 60.8 Å². The number of halogens is 3. The van der Waals surface area contributed by atoms with Crippen LogP contribution in [0.4, 0.5) is 13.2 Å². The second-order valence-electron chi connectivity index (χ2n) is 4.62. The normalized spacial score (nSPS) is 11.4. The molecule has 0 aliphatic carbocycles. The monoisotopic (exact) mass is 304 g/mol. The number of hydrogen-bond acceptors (Lipinski definition) is 2. The molecule has 1 aromatic heterocycles. The van der Waals surface area contributed by atoms with Crippen LogP contribution < -0.4 is 4.74 Å². The molecule has 0 unspecified atom stereocenters. The molecular formula is C16H11F3N2O. The van der Waals surface area contributed by atoms with Crippen LogP contribution in [-0.4, -0.2) is 10.2 Å². The van der Waals surface area contributed by atoms with Gasteiger partial charge < -0.3 is 4.74 Å². The number of nitrogens with zero attached hydrogens (tertiary/aromatic N) is 1. The Bertz CT molecular complexity index is 750. The maximum atomic E-state index is 12.7. The first-order chi connectivity index (χ1) is 10.5. The van der Waals surface area contributed by atoms with E-state index in [0.29, 0.717) is 5.75 Å². The quantitative estimate of drug-likeness (QED) is 0.748. The van der Waals surface area contributed by atoms with Crippen LogP contribution >= 0.6 is 0 Å². The fourth-order valence-electron chi connectivity index (χ4n) is 1.99. The van der Waals surface area contributed by atoms with Crippen LogP contribution in [0, 0.1) is 0 Å². The highest BCUT2D eigenvalue weighted by Gasteiger charge is 2.30. The topological polar surface area (TPSA) is 37.9 Å². The van der Waals surface area contributed by atoms with Crippen LogP contribution in [0.25, 0.3) is 11.3 Å². The summed E-state index contributed by atoms with van der Waals surface area (Å²) in [5.74, 6) is 0.603. The highest BCUT2D eigenvalue weighted by atomic mass is 19.4. The highest BCUT2D eigenvalue weighted by Crippen LogP contribution is 2.33. The van der Waals surface area contributed by atoms with Gasteiger partial charge in [0.25, 0.3) is 0 Å². The number of rotatable bonds is 3. The highest BCUT2D eigenvalue weighted by molar-refractivity contribution is 5.59. The van der Waals surface area contributed by atoms with E-state index in [-0.39, 0.29) is 5.75 Å². The number of aromatic nitrogens is 2. The standard InChI is InChI=1S/C16H11F3N2O/c17-16(18,19)12-2-1-3-14(10-12)22-13-6-4-11(5-7-13)15-8-9-20-21-15/h1-10H,(H,20,21). The van der Waals surface area contributed by atoms with Gasteiger partial charge in [-0.15, -0.1) is 0 Å². The van der Waals surface area contributed by atoms with E-state index in [1.54, 1.807) is 30.5 Å². The molecule has 22 heavy (non-hydrogen) atoms. The van der Waals surface area contributed by atoms with Crippen LogP contribution in [0.5, 0.6) is 11.5 Å². The van der Waals surface area contributed by atoms with E-state index in [2.05, 4.69) is 10.2 Å². The molecule has 0 bridgehead atoms. The summed E-state index contributed by atoms with van der Waals surface area (Å²) in [6.45, 7) is 0. The van der Waals surface area contributed by atoms with Crippen molar-refractivity contribution in [3.8, 4) is 22.8 Å². The van der Waals surface area contributed by atoms with Crippen molar-refractivity contribution in [1.29, 1.82) is 0 Å². The lowest BCUT2D eigenvalue weighted by atomic mass is 10.1. The number of nitrogens with one attached hydrogen (secondary N) is 1. The molecule has 6 heteroatoms. The van der Waals surface area contributed by atoms with Gasteiger partial charge in [0.05, 0.1) is 11.3 Å². The Morgan fingerprint density at radius 3 is 2.32 bits per heavy atom. The molecule has 2 aromatic carbocycles. The summed E-state index contributed by atoms with van der Waals surface area (Å²) >= 11 is 0. The van der Waals surface area contributed by atoms with Gasteiger partial charge in [0.15, 0.2) is 0 Å². The Balaban J connectivity index is 1.79. The molecule has 0 radical (unpaired) electrons. The van der Waals surface area contributed by atoms with Crippen LogP contribution in [0.1, 0.15) is 5.56 Å². The van der Waals surface area contributed by atoms with E-state index in [4.69, 9.17) is 4.74 Å². The third-order valence-corrected chi connectivity index (χ3v) is 3.06. The largest absolute Gasteiger partial charge is 0.457 e. The summed E-state index contributed by atoms with van der Waals surface area (Å²) < 4.78 is 43.4. The van der Waals surface area contributed by atoms with Crippen molar-refractivity contribution < 1.29 is 17.9 Å². The third kappa shape index (κ3) is 3.11. The van der Waals surface area contributed by atoms with Gasteiger partial charge in [0.1, 0.15) is 11.5 Å². The van der Waals surface area contributed by atoms with Crippen molar-refractivity contribution in [3.05, 3.63) is 66.4 Å². The Kier molecular flexibility index (Phi) is 3.58. The van der Waals surface area contributed by atoms with Gasteiger partial charge in [0.2, 0.25) is 0 Å². The van der Waals surface area contributed by atoms with E-state index in [1.165, 1.54) is 12.1 Å². The summed E-state index contributed by atoms with van der Waals surface area (Å²) in [6, 6.07) is 13.6. The molecule has 0 aliphatic rings. The van der Waals surface area contributed by atoms with Gasteiger partial charge in [-0.3, -0.25) is 5.10 Å². The smallest absolute Gasteiger partial charge is 0.416 e. The zero-order valence-corrected chi connectivity index (χ0v) is 11.3.